The van der Waals surface area contributed by atoms with Gasteiger partial charge in [-0.3, -0.25) is 9.00 Å². The van der Waals surface area contributed by atoms with Crippen molar-refractivity contribution in [2.45, 2.75) is 32.3 Å². The molecule has 0 aliphatic carbocycles. The molecule has 0 heterocycles. The normalized spacial score (nSPS) is 12.7. The van der Waals surface area contributed by atoms with Crippen molar-refractivity contribution in [3.63, 3.8) is 0 Å². The molecule has 1 amide bonds. The number of hydrogen-bond acceptors (Lipinski definition) is 2. The monoisotopic (exact) mass is 329 g/mol. The van der Waals surface area contributed by atoms with Crippen molar-refractivity contribution in [1.82, 2.24) is 0 Å². The fourth-order valence-electron chi connectivity index (χ4n) is 2.05. The van der Waals surface area contributed by atoms with Crippen LogP contribution in [-0.2, 0) is 27.1 Å². The Bertz CT molecular complexity index is 690. The van der Waals surface area contributed by atoms with Gasteiger partial charge in [-0.2, -0.15) is 0 Å². The molecule has 4 heteroatoms. The lowest BCUT2D eigenvalue weighted by molar-refractivity contribution is -0.123. The van der Waals surface area contributed by atoms with E-state index in [1.54, 1.807) is 0 Å². The molecule has 0 aromatic heterocycles. The van der Waals surface area contributed by atoms with Gasteiger partial charge < -0.3 is 5.32 Å². The van der Waals surface area contributed by atoms with Gasteiger partial charge in [0.05, 0.1) is 0 Å². The Kier molecular flexibility index (Phi) is 5.72. The van der Waals surface area contributed by atoms with Gasteiger partial charge in [-0.25, -0.2) is 0 Å². The fourth-order valence-corrected chi connectivity index (χ4v) is 3.27. The van der Waals surface area contributed by atoms with E-state index in [1.807, 2.05) is 75.4 Å². The smallest absolute Gasteiger partial charge is 0.229 e. The predicted octanol–water partition coefficient (Wildman–Crippen LogP) is 4.12. The van der Waals surface area contributed by atoms with E-state index in [0.29, 0.717) is 11.5 Å². The molecule has 1 N–H and O–H groups in total. The number of carbonyl (C=O) groups excluding carboxylic acids is 1. The zero-order valence-electron chi connectivity index (χ0n) is 13.8. The van der Waals surface area contributed by atoms with E-state index in [4.69, 9.17) is 0 Å². The molecule has 0 radical (unpaired) electrons. The number of rotatable bonds is 5. The standard InChI is InChI=1S/C19H23NO2S/c1-19(2,3)18(21)20-17-11-7-10-16(12-17)14-23(22)13-15-8-5-4-6-9-15/h4-12H,13-14H2,1-3H3,(H,20,21)/t23-/m1/s1. The summed E-state index contributed by atoms with van der Waals surface area (Å²) in [5.74, 6) is 0.994. The quantitative estimate of drug-likeness (QED) is 0.897. The summed E-state index contributed by atoms with van der Waals surface area (Å²) < 4.78 is 12.3. The molecule has 2 aromatic carbocycles. The molecule has 0 unspecified atom stereocenters. The largest absolute Gasteiger partial charge is 0.326 e. The number of nitrogens with one attached hydrogen (secondary N) is 1. The number of hydrogen-bond donors (Lipinski definition) is 1. The van der Waals surface area contributed by atoms with Crippen LogP contribution in [0.25, 0.3) is 0 Å². The summed E-state index contributed by atoms with van der Waals surface area (Å²) in [6, 6.07) is 17.4. The van der Waals surface area contributed by atoms with Crippen LogP contribution in [0, 0.1) is 5.41 Å². The minimum atomic E-state index is -0.973. The second-order valence-electron chi connectivity index (χ2n) is 6.62. The minimum Gasteiger partial charge on any atom is -0.326 e. The summed E-state index contributed by atoms with van der Waals surface area (Å²) in [6.45, 7) is 5.63. The Hall–Kier alpha value is -1.94. The third-order valence-corrected chi connectivity index (χ3v) is 4.67. The molecule has 0 saturated heterocycles. The molecule has 0 aliphatic heterocycles. The SMILES string of the molecule is CC(C)(C)C(=O)Nc1cccc(C[S@](=O)Cc2ccccc2)c1. The predicted molar refractivity (Wildman–Crippen MR) is 96.5 cm³/mol. The third kappa shape index (κ3) is 5.64. The lowest BCUT2D eigenvalue weighted by Crippen LogP contribution is -2.27. The van der Waals surface area contributed by atoms with Crippen LogP contribution >= 0.6 is 0 Å². The Balaban J connectivity index is 2.00. The summed E-state index contributed by atoms with van der Waals surface area (Å²) in [7, 11) is -0.973. The second-order valence-corrected chi connectivity index (χ2v) is 8.08. The molecule has 0 fully saturated rings. The molecule has 1 atom stereocenters. The summed E-state index contributed by atoms with van der Waals surface area (Å²) >= 11 is 0. The molecular formula is C19H23NO2S. The van der Waals surface area contributed by atoms with E-state index < -0.39 is 16.2 Å². The van der Waals surface area contributed by atoms with Gasteiger partial charge >= 0.3 is 0 Å². The van der Waals surface area contributed by atoms with Gasteiger partial charge in [0.15, 0.2) is 0 Å². The van der Waals surface area contributed by atoms with Crippen molar-refractivity contribution >= 4 is 22.4 Å². The molecule has 0 spiro atoms. The first-order chi connectivity index (χ1) is 10.8. The van der Waals surface area contributed by atoms with Crippen molar-refractivity contribution in [2.75, 3.05) is 5.32 Å². The van der Waals surface area contributed by atoms with E-state index in [1.165, 1.54) is 0 Å². The average Bonchev–Trinajstić information content (AvgIpc) is 2.47. The van der Waals surface area contributed by atoms with Crippen molar-refractivity contribution in [1.29, 1.82) is 0 Å². The molecule has 122 valence electrons. The zero-order chi connectivity index (χ0) is 16.9. The van der Waals surface area contributed by atoms with Crippen LogP contribution in [-0.4, -0.2) is 10.1 Å². The van der Waals surface area contributed by atoms with Gasteiger partial charge in [-0.15, -0.1) is 0 Å². The highest BCUT2D eigenvalue weighted by molar-refractivity contribution is 7.83. The van der Waals surface area contributed by atoms with Gasteiger partial charge in [0, 0.05) is 33.4 Å². The lowest BCUT2D eigenvalue weighted by Gasteiger charge is -2.18. The van der Waals surface area contributed by atoms with E-state index in [9.17, 15) is 9.00 Å². The summed E-state index contributed by atoms with van der Waals surface area (Å²) in [5, 5.41) is 2.91. The molecule has 2 rings (SSSR count). The first-order valence-corrected chi connectivity index (χ1v) is 9.13. The highest BCUT2D eigenvalue weighted by Gasteiger charge is 2.21. The summed E-state index contributed by atoms with van der Waals surface area (Å²) in [4.78, 5) is 12.0. The van der Waals surface area contributed by atoms with E-state index in [-0.39, 0.29) is 5.91 Å². The van der Waals surface area contributed by atoms with Gasteiger partial charge in [0.25, 0.3) is 0 Å². The first kappa shape index (κ1) is 17.4. The molecule has 2 aromatic rings. The second kappa shape index (κ2) is 7.55. The van der Waals surface area contributed by atoms with Crippen LogP contribution in [0.1, 0.15) is 31.9 Å². The van der Waals surface area contributed by atoms with Crippen molar-refractivity contribution in [3.05, 3.63) is 65.7 Å². The van der Waals surface area contributed by atoms with E-state index >= 15 is 0 Å². The van der Waals surface area contributed by atoms with Gasteiger partial charge in [-0.05, 0) is 23.3 Å². The van der Waals surface area contributed by atoms with Crippen LogP contribution in [0.5, 0.6) is 0 Å². The Morgan fingerprint density at radius 3 is 2.22 bits per heavy atom. The highest BCUT2D eigenvalue weighted by Crippen LogP contribution is 2.19. The van der Waals surface area contributed by atoms with E-state index in [2.05, 4.69) is 5.32 Å². The van der Waals surface area contributed by atoms with Crippen molar-refractivity contribution < 1.29 is 9.00 Å². The minimum absolute atomic E-state index is 0.0277. The van der Waals surface area contributed by atoms with Gasteiger partial charge in [-0.1, -0.05) is 63.2 Å². The molecular weight excluding hydrogens is 306 g/mol. The third-order valence-electron chi connectivity index (χ3n) is 3.36. The van der Waals surface area contributed by atoms with Crippen LogP contribution in [0.4, 0.5) is 5.69 Å². The van der Waals surface area contributed by atoms with Crippen molar-refractivity contribution in [2.24, 2.45) is 5.41 Å². The number of amides is 1. The Labute approximate surface area is 140 Å². The topological polar surface area (TPSA) is 46.2 Å². The maximum absolute atomic E-state index is 12.3. The van der Waals surface area contributed by atoms with Crippen LogP contribution in [0.3, 0.4) is 0 Å². The fraction of sp³-hybridized carbons (Fsp3) is 0.316. The van der Waals surface area contributed by atoms with Gasteiger partial charge in [0.1, 0.15) is 0 Å². The molecule has 0 bridgehead atoms. The van der Waals surface area contributed by atoms with E-state index in [0.717, 1.165) is 16.8 Å². The average molecular weight is 329 g/mol. The lowest BCUT2D eigenvalue weighted by atomic mass is 9.95. The zero-order valence-corrected chi connectivity index (χ0v) is 14.7. The molecule has 0 saturated carbocycles. The molecule has 3 nitrogen and oxygen atoms in total. The van der Waals surface area contributed by atoms with Crippen molar-refractivity contribution in [3.8, 4) is 0 Å². The van der Waals surface area contributed by atoms with Crippen LogP contribution < -0.4 is 5.32 Å². The molecule has 0 aliphatic rings. The Morgan fingerprint density at radius 1 is 0.957 bits per heavy atom. The maximum Gasteiger partial charge on any atom is 0.229 e. The number of carbonyl (C=O) groups is 1. The molecule has 23 heavy (non-hydrogen) atoms. The number of anilines is 1. The highest BCUT2D eigenvalue weighted by atomic mass is 32.2. The summed E-state index contributed by atoms with van der Waals surface area (Å²) in [6.07, 6.45) is 0. The Morgan fingerprint density at radius 2 is 1.57 bits per heavy atom. The van der Waals surface area contributed by atoms with Crippen LogP contribution in [0.15, 0.2) is 54.6 Å². The summed E-state index contributed by atoms with van der Waals surface area (Å²) in [5.41, 5.74) is 2.35. The number of benzene rings is 2. The van der Waals surface area contributed by atoms with Gasteiger partial charge in [0.2, 0.25) is 5.91 Å². The first-order valence-electron chi connectivity index (χ1n) is 7.64. The maximum atomic E-state index is 12.3. The van der Waals surface area contributed by atoms with Crippen LogP contribution in [0.2, 0.25) is 0 Å².